The number of hydrogen-bond acceptors (Lipinski definition) is 5. The van der Waals surface area contributed by atoms with Crippen molar-refractivity contribution in [3.63, 3.8) is 0 Å². The topological polar surface area (TPSA) is 130 Å². The first-order chi connectivity index (χ1) is 9.75. The van der Waals surface area contributed by atoms with Crippen LogP contribution in [0, 0.1) is 0 Å². The third-order valence-electron chi connectivity index (χ3n) is 2.94. The molecule has 0 spiro atoms. The second-order valence-corrected chi connectivity index (χ2v) is 7.74. The third-order valence-corrected chi connectivity index (χ3v) is 3.83. The fraction of sp³-hybridized carbons (Fsp3) is 0.583. The molecule has 124 valence electrons. The van der Waals surface area contributed by atoms with E-state index in [0.717, 1.165) is 6.26 Å². The van der Waals surface area contributed by atoms with Gasteiger partial charge in [0.2, 0.25) is 15.9 Å². The second-order valence-electron chi connectivity index (χ2n) is 5.99. The Labute approximate surface area is 128 Å². The van der Waals surface area contributed by atoms with E-state index in [0.29, 0.717) is 0 Å². The van der Waals surface area contributed by atoms with Crippen LogP contribution in [0.15, 0.2) is 12.4 Å². The van der Waals surface area contributed by atoms with Gasteiger partial charge in [-0.15, -0.1) is 0 Å². The van der Waals surface area contributed by atoms with Gasteiger partial charge in [-0.2, -0.15) is 5.10 Å². The van der Waals surface area contributed by atoms with Crippen molar-refractivity contribution in [2.45, 2.75) is 38.8 Å². The van der Waals surface area contributed by atoms with Crippen molar-refractivity contribution in [1.82, 2.24) is 14.5 Å². The minimum absolute atomic E-state index is 0.266. The summed E-state index contributed by atoms with van der Waals surface area (Å²) in [7, 11) is -3.56. The molecule has 0 saturated carbocycles. The maximum Gasteiger partial charge on any atom is 0.331 e. The van der Waals surface area contributed by atoms with E-state index in [-0.39, 0.29) is 5.69 Å². The molecule has 10 heteroatoms. The quantitative estimate of drug-likeness (QED) is 0.670. The summed E-state index contributed by atoms with van der Waals surface area (Å²) < 4.78 is 25.9. The first-order valence-electron chi connectivity index (χ1n) is 6.34. The summed E-state index contributed by atoms with van der Waals surface area (Å²) >= 11 is 0. The van der Waals surface area contributed by atoms with Gasteiger partial charge < -0.3 is 10.4 Å². The molecule has 0 bridgehead atoms. The Balaban J connectivity index is 2.91. The van der Waals surface area contributed by atoms with Crippen LogP contribution in [0.3, 0.4) is 0 Å². The Kier molecular flexibility index (Phi) is 4.68. The molecule has 22 heavy (non-hydrogen) atoms. The highest BCUT2D eigenvalue weighted by molar-refractivity contribution is 7.88. The van der Waals surface area contributed by atoms with E-state index in [1.807, 2.05) is 0 Å². The van der Waals surface area contributed by atoms with E-state index in [9.17, 15) is 18.0 Å². The fourth-order valence-electron chi connectivity index (χ4n) is 1.59. The van der Waals surface area contributed by atoms with Crippen molar-refractivity contribution in [2.24, 2.45) is 0 Å². The van der Waals surface area contributed by atoms with E-state index < -0.39 is 33.0 Å². The third kappa shape index (κ3) is 4.28. The molecule has 1 rings (SSSR count). The number of nitrogens with one attached hydrogen (secondary N) is 2. The summed E-state index contributed by atoms with van der Waals surface area (Å²) in [5.41, 5.74) is -2.37. The van der Waals surface area contributed by atoms with Gasteiger partial charge >= 0.3 is 5.97 Å². The Morgan fingerprint density at radius 2 is 1.82 bits per heavy atom. The van der Waals surface area contributed by atoms with Gasteiger partial charge in [-0.1, -0.05) is 0 Å². The number of nitrogens with zero attached hydrogens (tertiary/aromatic N) is 2. The van der Waals surface area contributed by atoms with Gasteiger partial charge in [0, 0.05) is 6.20 Å². The number of aromatic nitrogens is 2. The van der Waals surface area contributed by atoms with Gasteiger partial charge in [0.15, 0.2) is 5.54 Å². The summed E-state index contributed by atoms with van der Waals surface area (Å²) in [6.45, 7) is 5.75. The molecule has 0 unspecified atom stereocenters. The molecule has 1 aromatic heterocycles. The molecule has 0 aliphatic heterocycles. The zero-order valence-electron chi connectivity index (χ0n) is 13.0. The standard InChI is InChI=1S/C12H20N4O5S/c1-11(2,15-22(5,20)21)9(17)14-8-6-13-16(7-8)12(3,4)10(18)19/h6-7,15H,1-5H3,(H,14,17)(H,18,19). The lowest BCUT2D eigenvalue weighted by Crippen LogP contribution is -2.51. The fourth-order valence-corrected chi connectivity index (χ4v) is 2.61. The molecular weight excluding hydrogens is 312 g/mol. The Hall–Kier alpha value is -1.94. The number of amides is 1. The molecular formula is C12H20N4O5S. The van der Waals surface area contributed by atoms with E-state index in [1.54, 1.807) is 0 Å². The number of aliphatic carboxylic acids is 1. The Morgan fingerprint density at radius 1 is 1.27 bits per heavy atom. The molecule has 0 fully saturated rings. The van der Waals surface area contributed by atoms with Gasteiger partial charge in [-0.3, -0.25) is 9.48 Å². The van der Waals surface area contributed by atoms with E-state index >= 15 is 0 Å². The molecule has 1 heterocycles. The number of anilines is 1. The van der Waals surface area contributed by atoms with Gasteiger partial charge in [0.1, 0.15) is 5.54 Å². The summed E-state index contributed by atoms with van der Waals surface area (Å²) in [6.07, 6.45) is 3.61. The lowest BCUT2D eigenvalue weighted by molar-refractivity contribution is -0.146. The van der Waals surface area contributed by atoms with Crippen LogP contribution in [-0.2, 0) is 25.2 Å². The molecule has 3 N–H and O–H groups in total. The summed E-state index contributed by atoms with van der Waals surface area (Å²) in [4.78, 5) is 23.3. The van der Waals surface area contributed by atoms with Crippen LogP contribution < -0.4 is 10.0 Å². The van der Waals surface area contributed by atoms with Crippen molar-refractivity contribution in [1.29, 1.82) is 0 Å². The minimum Gasteiger partial charge on any atom is -0.479 e. The van der Waals surface area contributed by atoms with Crippen LogP contribution >= 0.6 is 0 Å². The highest BCUT2D eigenvalue weighted by Crippen LogP contribution is 2.18. The zero-order chi connectivity index (χ0) is 17.3. The monoisotopic (exact) mass is 332 g/mol. The molecule has 0 saturated heterocycles. The lowest BCUT2D eigenvalue weighted by Gasteiger charge is -2.23. The molecule has 0 radical (unpaired) electrons. The number of sulfonamides is 1. The van der Waals surface area contributed by atoms with Crippen molar-refractivity contribution in [2.75, 3.05) is 11.6 Å². The number of carbonyl (C=O) groups is 2. The first kappa shape index (κ1) is 18.1. The maximum atomic E-state index is 12.1. The molecule has 9 nitrogen and oxygen atoms in total. The zero-order valence-corrected chi connectivity index (χ0v) is 13.9. The van der Waals surface area contributed by atoms with Crippen LogP contribution in [0.5, 0.6) is 0 Å². The smallest absolute Gasteiger partial charge is 0.331 e. The SMILES string of the molecule is CC(C)(NS(C)(=O)=O)C(=O)Nc1cnn(C(C)(C)C(=O)O)c1. The van der Waals surface area contributed by atoms with Crippen LogP contribution in [0.4, 0.5) is 5.69 Å². The Morgan fingerprint density at radius 3 is 2.27 bits per heavy atom. The van der Waals surface area contributed by atoms with Crippen molar-refractivity contribution in [3.8, 4) is 0 Å². The second kappa shape index (κ2) is 5.69. The normalized spacial score (nSPS) is 13.0. The first-order valence-corrected chi connectivity index (χ1v) is 8.24. The minimum atomic E-state index is -3.56. The molecule has 0 atom stereocenters. The average molecular weight is 332 g/mol. The van der Waals surface area contributed by atoms with Crippen molar-refractivity contribution in [3.05, 3.63) is 12.4 Å². The maximum absolute atomic E-state index is 12.1. The van der Waals surface area contributed by atoms with Crippen LogP contribution in [0.1, 0.15) is 27.7 Å². The van der Waals surface area contributed by atoms with E-state index in [2.05, 4.69) is 15.1 Å². The number of carboxylic acid groups (broad SMARTS) is 1. The highest BCUT2D eigenvalue weighted by Gasteiger charge is 2.33. The van der Waals surface area contributed by atoms with E-state index in [4.69, 9.17) is 5.11 Å². The summed E-state index contributed by atoms with van der Waals surface area (Å²) in [5.74, 6) is -1.67. The molecule has 1 aromatic rings. The summed E-state index contributed by atoms with van der Waals surface area (Å²) in [5, 5.41) is 15.5. The molecule has 0 aliphatic rings. The van der Waals surface area contributed by atoms with Crippen LogP contribution in [0.2, 0.25) is 0 Å². The molecule has 1 amide bonds. The average Bonchev–Trinajstić information content (AvgIpc) is 2.74. The number of carboxylic acids is 1. The van der Waals surface area contributed by atoms with E-state index in [1.165, 1.54) is 44.8 Å². The van der Waals surface area contributed by atoms with Crippen LogP contribution in [-0.4, -0.2) is 47.0 Å². The summed E-state index contributed by atoms with van der Waals surface area (Å²) in [6, 6.07) is 0. The predicted octanol–water partition coefficient (Wildman–Crippen LogP) is -0.0309. The van der Waals surface area contributed by atoms with Gasteiger partial charge in [0.05, 0.1) is 18.1 Å². The molecule has 0 aromatic carbocycles. The Bertz CT molecular complexity index is 690. The number of hydrogen-bond donors (Lipinski definition) is 3. The van der Waals surface area contributed by atoms with Crippen LogP contribution in [0.25, 0.3) is 0 Å². The van der Waals surface area contributed by atoms with Gasteiger partial charge in [0.25, 0.3) is 0 Å². The largest absolute Gasteiger partial charge is 0.479 e. The lowest BCUT2D eigenvalue weighted by atomic mass is 10.1. The predicted molar refractivity (Wildman–Crippen MR) is 79.9 cm³/mol. The van der Waals surface area contributed by atoms with Gasteiger partial charge in [-0.25, -0.2) is 17.9 Å². The van der Waals surface area contributed by atoms with Crippen molar-refractivity contribution < 1.29 is 23.1 Å². The number of rotatable bonds is 6. The van der Waals surface area contributed by atoms with Crippen molar-refractivity contribution >= 4 is 27.6 Å². The highest BCUT2D eigenvalue weighted by atomic mass is 32.2. The van der Waals surface area contributed by atoms with Gasteiger partial charge in [-0.05, 0) is 27.7 Å². The molecule has 0 aliphatic carbocycles. The number of carbonyl (C=O) groups excluding carboxylic acids is 1.